The molecule has 0 rings (SSSR count). The number of phosphoric ester groups is 1. The van der Waals surface area contributed by atoms with E-state index in [1.54, 1.807) is 0 Å². The van der Waals surface area contributed by atoms with E-state index < -0.39 is 26.5 Å². The van der Waals surface area contributed by atoms with Gasteiger partial charge in [0.25, 0.3) is 0 Å². The number of rotatable bonds is 79. The summed E-state index contributed by atoms with van der Waals surface area (Å²) in [5.74, 6) is -0.765. The van der Waals surface area contributed by atoms with Gasteiger partial charge in [-0.3, -0.25) is 18.6 Å². The lowest BCUT2D eigenvalue weighted by Crippen LogP contribution is -2.37. The van der Waals surface area contributed by atoms with Crippen molar-refractivity contribution < 1.29 is 42.1 Å². The van der Waals surface area contributed by atoms with E-state index in [2.05, 4.69) is 26.0 Å². The number of allylic oxidation sites excluding steroid dienone is 2. The average Bonchev–Trinajstić information content (AvgIpc) is 2.23. The fraction of sp³-hybridized carbons (Fsp3) is 0.951. The summed E-state index contributed by atoms with van der Waals surface area (Å²) < 4.78 is 34.8. The van der Waals surface area contributed by atoms with Crippen LogP contribution in [0.1, 0.15) is 450 Å². The van der Waals surface area contributed by atoms with Crippen LogP contribution in [0.15, 0.2) is 12.2 Å². The molecular formula is C82H163NO8P+. The Morgan fingerprint density at radius 1 is 0.326 bits per heavy atom. The number of hydrogen-bond donors (Lipinski definition) is 1. The van der Waals surface area contributed by atoms with Gasteiger partial charge in [0.15, 0.2) is 6.10 Å². The highest BCUT2D eigenvalue weighted by atomic mass is 31.2. The molecule has 0 radical (unpaired) electrons. The van der Waals surface area contributed by atoms with Crippen molar-refractivity contribution in [1.29, 1.82) is 0 Å². The predicted molar refractivity (Wildman–Crippen MR) is 400 cm³/mol. The number of nitrogens with zero attached hydrogens (tertiary/aromatic N) is 1. The van der Waals surface area contributed by atoms with Crippen molar-refractivity contribution in [3.05, 3.63) is 12.2 Å². The van der Waals surface area contributed by atoms with E-state index in [-0.39, 0.29) is 25.6 Å². The van der Waals surface area contributed by atoms with Crippen LogP contribution in [0, 0.1) is 0 Å². The van der Waals surface area contributed by atoms with Crippen molar-refractivity contribution in [2.75, 3.05) is 47.5 Å². The van der Waals surface area contributed by atoms with Gasteiger partial charge in [-0.2, -0.15) is 0 Å². The van der Waals surface area contributed by atoms with Gasteiger partial charge >= 0.3 is 19.8 Å². The van der Waals surface area contributed by atoms with Crippen LogP contribution < -0.4 is 0 Å². The first-order valence-electron chi connectivity index (χ1n) is 41.4. The second-order valence-corrected chi connectivity index (χ2v) is 31.3. The Bertz CT molecular complexity index is 1550. The SMILES string of the molecule is CCCCCCCCCC/C=C\CCCCCCCCCCCCCCCCCCCCCCCCCCCCCCCC(=O)OC(COC(=O)CCCCCCCCCCCCCCCCCCCCCCCCCCCCC)COP(=O)(O)OCC[N+](C)(C)C. The maximum absolute atomic E-state index is 12.9. The summed E-state index contributed by atoms with van der Waals surface area (Å²) in [6.45, 7) is 4.54. The molecule has 0 aliphatic carbocycles. The fourth-order valence-electron chi connectivity index (χ4n) is 13.0. The number of quaternary nitrogens is 1. The van der Waals surface area contributed by atoms with Gasteiger partial charge in [-0.1, -0.05) is 411 Å². The second-order valence-electron chi connectivity index (χ2n) is 29.9. The molecule has 0 saturated carbocycles. The number of carbonyl (C=O) groups is 2. The van der Waals surface area contributed by atoms with Gasteiger partial charge in [0.2, 0.25) is 0 Å². The van der Waals surface area contributed by atoms with Crippen LogP contribution in [-0.4, -0.2) is 74.9 Å². The van der Waals surface area contributed by atoms with E-state index >= 15 is 0 Å². The Morgan fingerprint density at radius 3 is 0.804 bits per heavy atom. The molecule has 0 aliphatic rings. The monoisotopic (exact) mass is 1320 g/mol. The van der Waals surface area contributed by atoms with Crippen LogP contribution in [0.5, 0.6) is 0 Å². The molecule has 0 fully saturated rings. The molecule has 0 spiro atoms. The zero-order valence-electron chi connectivity index (χ0n) is 62.8. The summed E-state index contributed by atoms with van der Waals surface area (Å²) in [7, 11) is 1.51. The minimum absolute atomic E-state index is 0.0373. The van der Waals surface area contributed by atoms with Gasteiger partial charge in [-0.15, -0.1) is 0 Å². The van der Waals surface area contributed by atoms with Gasteiger partial charge in [0.05, 0.1) is 27.7 Å². The molecule has 0 aromatic rings. The molecule has 2 atom stereocenters. The minimum atomic E-state index is -4.39. The molecule has 0 heterocycles. The highest BCUT2D eigenvalue weighted by Gasteiger charge is 2.27. The molecule has 0 aromatic heterocycles. The van der Waals surface area contributed by atoms with Crippen LogP contribution in [0.3, 0.4) is 0 Å². The Kier molecular flexibility index (Phi) is 73.0. The topological polar surface area (TPSA) is 108 Å². The zero-order valence-corrected chi connectivity index (χ0v) is 63.7. The first kappa shape index (κ1) is 90.8. The van der Waals surface area contributed by atoms with Gasteiger partial charge in [0.1, 0.15) is 19.8 Å². The smallest absolute Gasteiger partial charge is 0.462 e. The summed E-state index contributed by atoms with van der Waals surface area (Å²) in [6, 6.07) is 0. The molecule has 10 heteroatoms. The molecular weight excluding hydrogens is 1160 g/mol. The maximum atomic E-state index is 12.9. The van der Waals surface area contributed by atoms with E-state index in [0.29, 0.717) is 17.4 Å². The Morgan fingerprint density at radius 2 is 0.554 bits per heavy atom. The molecule has 2 unspecified atom stereocenters. The lowest BCUT2D eigenvalue weighted by Gasteiger charge is -2.24. The van der Waals surface area contributed by atoms with Crippen molar-refractivity contribution in [2.24, 2.45) is 0 Å². The lowest BCUT2D eigenvalue weighted by atomic mass is 10.0. The third kappa shape index (κ3) is 77.8. The van der Waals surface area contributed by atoms with Gasteiger partial charge in [-0.25, -0.2) is 4.57 Å². The number of unbranched alkanes of at least 4 members (excludes halogenated alkanes) is 63. The Balaban J connectivity index is 3.84. The van der Waals surface area contributed by atoms with E-state index in [0.717, 1.165) is 38.5 Å². The van der Waals surface area contributed by atoms with Crippen molar-refractivity contribution in [3.63, 3.8) is 0 Å². The number of hydrogen-bond acceptors (Lipinski definition) is 7. The highest BCUT2D eigenvalue weighted by molar-refractivity contribution is 7.47. The van der Waals surface area contributed by atoms with Crippen LogP contribution >= 0.6 is 7.82 Å². The molecule has 0 aliphatic heterocycles. The van der Waals surface area contributed by atoms with Gasteiger partial charge < -0.3 is 18.9 Å². The molecule has 0 amide bonds. The van der Waals surface area contributed by atoms with E-state index in [9.17, 15) is 19.0 Å². The normalized spacial score (nSPS) is 13.0. The number of esters is 2. The fourth-order valence-corrected chi connectivity index (χ4v) is 13.7. The van der Waals surface area contributed by atoms with Crippen LogP contribution in [0.4, 0.5) is 0 Å². The molecule has 548 valence electrons. The van der Waals surface area contributed by atoms with Crippen molar-refractivity contribution in [3.8, 4) is 0 Å². The number of carbonyl (C=O) groups excluding carboxylic acids is 2. The summed E-state index contributed by atoms with van der Waals surface area (Å²) in [5.41, 5.74) is 0. The standard InChI is InChI=1S/C82H162NO8P/c1-6-8-10-12-14-16-18-20-22-24-26-28-30-32-34-35-36-37-38-39-40-41-42-43-44-45-46-47-49-51-53-55-57-59-61-63-65-67-69-71-73-75-82(85)91-80(79-90-92(86,87)89-77-76-83(3,4)5)78-88-81(84)74-72-70-68-66-64-62-60-58-56-54-52-50-48-33-31-29-27-25-23-21-19-17-15-13-11-9-7-2/h24,26,80H,6-23,25,27-79H2,1-5H3/p+1/b26-24-. The molecule has 0 bridgehead atoms. The zero-order chi connectivity index (χ0) is 66.9. The predicted octanol–water partition coefficient (Wildman–Crippen LogP) is 27.4. The van der Waals surface area contributed by atoms with Gasteiger partial charge in [-0.05, 0) is 38.5 Å². The van der Waals surface area contributed by atoms with Crippen LogP contribution in [-0.2, 0) is 32.7 Å². The second kappa shape index (κ2) is 74.0. The summed E-state index contributed by atoms with van der Waals surface area (Å²) >= 11 is 0. The van der Waals surface area contributed by atoms with Gasteiger partial charge in [0, 0.05) is 12.8 Å². The summed E-state index contributed by atoms with van der Waals surface area (Å²) in [6.07, 6.45) is 93.9. The molecule has 0 saturated heterocycles. The van der Waals surface area contributed by atoms with Crippen LogP contribution in [0.2, 0.25) is 0 Å². The van der Waals surface area contributed by atoms with Crippen molar-refractivity contribution >= 4 is 19.8 Å². The molecule has 1 N–H and O–H groups in total. The third-order valence-corrected chi connectivity index (χ3v) is 20.3. The first-order valence-corrected chi connectivity index (χ1v) is 42.9. The molecule has 92 heavy (non-hydrogen) atoms. The largest absolute Gasteiger partial charge is 0.472 e. The quantitative estimate of drug-likeness (QED) is 0.0211. The molecule has 0 aromatic carbocycles. The highest BCUT2D eigenvalue weighted by Crippen LogP contribution is 2.43. The Labute approximate surface area is 575 Å². The van der Waals surface area contributed by atoms with E-state index in [1.165, 1.54) is 385 Å². The summed E-state index contributed by atoms with van der Waals surface area (Å²) in [4.78, 5) is 36.0. The number of likely N-dealkylation sites (N-methyl/N-ethyl adjacent to an activating group) is 1. The maximum Gasteiger partial charge on any atom is 0.472 e. The van der Waals surface area contributed by atoms with E-state index in [4.69, 9.17) is 18.5 Å². The summed E-state index contributed by atoms with van der Waals surface area (Å²) in [5, 5.41) is 0. The first-order chi connectivity index (χ1) is 45.0. The lowest BCUT2D eigenvalue weighted by molar-refractivity contribution is -0.870. The average molecular weight is 1320 g/mol. The van der Waals surface area contributed by atoms with Crippen molar-refractivity contribution in [2.45, 2.75) is 457 Å². The Hall–Kier alpha value is -1.25. The third-order valence-electron chi connectivity index (χ3n) is 19.3. The van der Waals surface area contributed by atoms with Crippen LogP contribution in [0.25, 0.3) is 0 Å². The minimum Gasteiger partial charge on any atom is -0.462 e. The van der Waals surface area contributed by atoms with Crippen molar-refractivity contribution in [1.82, 2.24) is 0 Å². The number of ether oxygens (including phenoxy) is 2. The van der Waals surface area contributed by atoms with E-state index in [1.807, 2.05) is 21.1 Å². The number of phosphoric acid groups is 1. The molecule has 9 nitrogen and oxygen atoms in total.